The third-order valence-electron chi connectivity index (χ3n) is 5.74. The lowest BCUT2D eigenvalue weighted by Crippen LogP contribution is -2.34. The molecule has 0 saturated carbocycles. The zero-order valence-electron chi connectivity index (χ0n) is 16.9. The number of amides is 1. The van der Waals surface area contributed by atoms with Gasteiger partial charge in [0.2, 0.25) is 10.0 Å². The molecule has 6 nitrogen and oxygen atoms in total. The van der Waals surface area contributed by atoms with Gasteiger partial charge in [-0.3, -0.25) is 9.10 Å². The van der Waals surface area contributed by atoms with Crippen molar-refractivity contribution in [2.75, 3.05) is 40.4 Å². The number of nitrogens with zero attached hydrogens (tertiary/aromatic N) is 2. The molecule has 2 aliphatic rings. The van der Waals surface area contributed by atoms with Gasteiger partial charge in [0, 0.05) is 36.6 Å². The third kappa shape index (κ3) is 4.10. The number of hydrogen-bond donors (Lipinski definition) is 1. The summed E-state index contributed by atoms with van der Waals surface area (Å²) in [4.78, 5) is 15.2. The highest BCUT2D eigenvalue weighted by Gasteiger charge is 2.24. The normalized spacial score (nSPS) is 16.6. The number of fused-ring (bicyclic) bond motifs is 1. The monoisotopic (exact) mass is 413 g/mol. The Morgan fingerprint density at radius 2 is 1.72 bits per heavy atom. The van der Waals surface area contributed by atoms with Crippen LogP contribution in [-0.4, -0.2) is 40.2 Å². The Bertz CT molecular complexity index is 1040. The molecule has 0 radical (unpaired) electrons. The minimum Gasteiger partial charge on any atom is -0.371 e. The van der Waals surface area contributed by atoms with E-state index in [2.05, 4.69) is 17.1 Å². The lowest BCUT2D eigenvalue weighted by Gasteiger charge is -2.29. The van der Waals surface area contributed by atoms with Crippen LogP contribution in [0.4, 0.5) is 17.1 Å². The van der Waals surface area contributed by atoms with E-state index < -0.39 is 10.0 Å². The average molecular weight is 414 g/mol. The van der Waals surface area contributed by atoms with E-state index >= 15 is 0 Å². The van der Waals surface area contributed by atoms with Gasteiger partial charge in [0.15, 0.2) is 0 Å². The molecule has 2 heterocycles. The average Bonchev–Trinajstić information content (AvgIpc) is 3.21. The van der Waals surface area contributed by atoms with Crippen LogP contribution in [0.25, 0.3) is 0 Å². The Morgan fingerprint density at radius 1 is 0.966 bits per heavy atom. The van der Waals surface area contributed by atoms with Crippen LogP contribution in [0.5, 0.6) is 0 Å². The van der Waals surface area contributed by atoms with Crippen molar-refractivity contribution in [3.63, 3.8) is 0 Å². The van der Waals surface area contributed by atoms with Crippen molar-refractivity contribution in [1.82, 2.24) is 0 Å². The minimum atomic E-state index is -3.34. The second-order valence-electron chi connectivity index (χ2n) is 7.93. The molecule has 0 atom stereocenters. The molecule has 2 aromatic carbocycles. The first kappa shape index (κ1) is 19.8. The molecule has 0 aliphatic carbocycles. The van der Waals surface area contributed by atoms with Crippen molar-refractivity contribution >= 4 is 33.0 Å². The maximum atomic E-state index is 12.9. The predicted molar refractivity (Wildman–Crippen MR) is 118 cm³/mol. The molecule has 4 rings (SSSR count). The van der Waals surface area contributed by atoms with Crippen LogP contribution >= 0.6 is 0 Å². The smallest absolute Gasteiger partial charge is 0.255 e. The van der Waals surface area contributed by atoms with Crippen molar-refractivity contribution < 1.29 is 13.2 Å². The van der Waals surface area contributed by atoms with Gasteiger partial charge in [0.05, 0.1) is 11.9 Å². The molecule has 7 heteroatoms. The molecule has 0 unspecified atom stereocenters. The standard InChI is InChI=1S/C22H27N3O3S/c1-16-7-8-18(14-20(16)24-11-3-4-12-24)22(26)23-19-10-9-17-6-5-13-25(21(17)15-19)29(2,27)28/h7-10,14-15H,3-6,11-13H2,1-2H3,(H,23,26). The Hall–Kier alpha value is -2.54. The van der Waals surface area contributed by atoms with E-state index in [0.29, 0.717) is 23.5 Å². The second-order valence-corrected chi connectivity index (χ2v) is 9.84. The summed E-state index contributed by atoms with van der Waals surface area (Å²) < 4.78 is 25.7. The number of aryl methyl sites for hydroxylation is 2. The van der Waals surface area contributed by atoms with Gasteiger partial charge in [0.25, 0.3) is 5.91 Å². The largest absolute Gasteiger partial charge is 0.371 e. The van der Waals surface area contributed by atoms with Crippen molar-refractivity contribution in [1.29, 1.82) is 0 Å². The third-order valence-corrected chi connectivity index (χ3v) is 6.92. The summed E-state index contributed by atoms with van der Waals surface area (Å²) in [6, 6.07) is 11.3. The van der Waals surface area contributed by atoms with Crippen LogP contribution in [0, 0.1) is 6.92 Å². The number of anilines is 3. The molecule has 0 bridgehead atoms. The fourth-order valence-electron chi connectivity index (χ4n) is 4.22. The van der Waals surface area contributed by atoms with Gasteiger partial charge in [-0.1, -0.05) is 12.1 Å². The van der Waals surface area contributed by atoms with Crippen molar-refractivity contribution in [2.24, 2.45) is 0 Å². The van der Waals surface area contributed by atoms with E-state index in [0.717, 1.165) is 37.2 Å². The van der Waals surface area contributed by atoms with E-state index in [9.17, 15) is 13.2 Å². The summed E-state index contributed by atoms with van der Waals surface area (Å²) in [6.45, 7) is 4.59. The minimum absolute atomic E-state index is 0.188. The molecule has 0 spiro atoms. The summed E-state index contributed by atoms with van der Waals surface area (Å²) in [5.41, 5.74) is 5.15. The molecule has 1 amide bonds. The first-order valence-corrected chi connectivity index (χ1v) is 12.0. The van der Waals surface area contributed by atoms with Crippen LogP contribution in [0.3, 0.4) is 0 Å². The molecule has 1 fully saturated rings. The number of sulfonamides is 1. The van der Waals surface area contributed by atoms with Gasteiger partial charge >= 0.3 is 0 Å². The van der Waals surface area contributed by atoms with E-state index in [-0.39, 0.29) is 5.91 Å². The molecule has 0 aromatic heterocycles. The van der Waals surface area contributed by atoms with E-state index in [1.54, 1.807) is 6.07 Å². The lowest BCUT2D eigenvalue weighted by atomic mass is 10.0. The quantitative estimate of drug-likeness (QED) is 0.832. The summed E-state index contributed by atoms with van der Waals surface area (Å²) in [7, 11) is -3.34. The van der Waals surface area contributed by atoms with Gasteiger partial charge in [-0.05, 0) is 68.0 Å². The first-order chi connectivity index (χ1) is 13.8. The highest BCUT2D eigenvalue weighted by molar-refractivity contribution is 7.92. The number of nitrogens with one attached hydrogen (secondary N) is 1. The molecule has 1 N–H and O–H groups in total. The molecular weight excluding hydrogens is 386 g/mol. The number of carbonyl (C=O) groups is 1. The number of hydrogen-bond acceptors (Lipinski definition) is 4. The topological polar surface area (TPSA) is 69.7 Å². The zero-order valence-corrected chi connectivity index (χ0v) is 17.8. The maximum absolute atomic E-state index is 12.9. The molecular formula is C22H27N3O3S. The molecule has 29 heavy (non-hydrogen) atoms. The van der Waals surface area contributed by atoms with Crippen LogP contribution in [0.1, 0.15) is 40.7 Å². The molecule has 1 saturated heterocycles. The number of carbonyl (C=O) groups excluding carboxylic acids is 1. The van der Waals surface area contributed by atoms with E-state index in [1.807, 2.05) is 30.3 Å². The Kier molecular flexibility index (Phi) is 5.25. The summed E-state index contributed by atoms with van der Waals surface area (Å²) in [5.74, 6) is -0.188. The van der Waals surface area contributed by atoms with Crippen LogP contribution in [0.2, 0.25) is 0 Å². The van der Waals surface area contributed by atoms with Crippen molar-refractivity contribution in [2.45, 2.75) is 32.6 Å². The van der Waals surface area contributed by atoms with Gasteiger partial charge in [0.1, 0.15) is 0 Å². The van der Waals surface area contributed by atoms with Gasteiger partial charge in [-0.25, -0.2) is 8.42 Å². The molecule has 154 valence electrons. The van der Waals surface area contributed by atoms with Crippen LogP contribution in [-0.2, 0) is 16.4 Å². The van der Waals surface area contributed by atoms with Crippen molar-refractivity contribution in [3.8, 4) is 0 Å². The maximum Gasteiger partial charge on any atom is 0.255 e. The van der Waals surface area contributed by atoms with Crippen molar-refractivity contribution in [3.05, 3.63) is 53.1 Å². The lowest BCUT2D eigenvalue weighted by molar-refractivity contribution is 0.102. The summed E-state index contributed by atoms with van der Waals surface area (Å²) in [5, 5.41) is 2.94. The van der Waals surface area contributed by atoms with Crippen LogP contribution in [0.15, 0.2) is 36.4 Å². The summed E-state index contributed by atoms with van der Waals surface area (Å²) in [6.07, 6.45) is 5.23. The Balaban J connectivity index is 1.59. The first-order valence-electron chi connectivity index (χ1n) is 10.1. The fraction of sp³-hybridized carbons (Fsp3) is 0.409. The highest BCUT2D eigenvalue weighted by atomic mass is 32.2. The van der Waals surface area contributed by atoms with Crippen LogP contribution < -0.4 is 14.5 Å². The zero-order chi connectivity index (χ0) is 20.6. The predicted octanol–water partition coefficient (Wildman–Crippen LogP) is 3.56. The highest BCUT2D eigenvalue weighted by Crippen LogP contribution is 2.32. The Labute approximate surface area is 172 Å². The number of benzene rings is 2. The van der Waals surface area contributed by atoms with E-state index in [4.69, 9.17) is 0 Å². The number of rotatable bonds is 4. The van der Waals surface area contributed by atoms with Gasteiger partial charge in [-0.2, -0.15) is 0 Å². The second kappa shape index (κ2) is 7.71. The fourth-order valence-corrected chi connectivity index (χ4v) is 5.20. The van der Waals surface area contributed by atoms with E-state index in [1.165, 1.54) is 29.0 Å². The SMILES string of the molecule is Cc1ccc(C(=O)Nc2ccc3c(c2)N(S(C)(=O)=O)CCC3)cc1N1CCCC1. The summed E-state index contributed by atoms with van der Waals surface area (Å²) >= 11 is 0. The van der Waals surface area contributed by atoms with Gasteiger partial charge < -0.3 is 10.2 Å². The Morgan fingerprint density at radius 3 is 2.45 bits per heavy atom. The molecule has 2 aliphatic heterocycles. The van der Waals surface area contributed by atoms with Gasteiger partial charge in [-0.15, -0.1) is 0 Å². The molecule has 2 aromatic rings.